The van der Waals surface area contributed by atoms with Gasteiger partial charge in [0.05, 0.1) is 13.7 Å². The smallest absolute Gasteiger partial charge is 0.254 e. The van der Waals surface area contributed by atoms with Gasteiger partial charge in [0, 0.05) is 37.4 Å². The van der Waals surface area contributed by atoms with Crippen molar-refractivity contribution in [2.45, 2.75) is 6.92 Å². The van der Waals surface area contributed by atoms with Crippen LogP contribution >= 0.6 is 0 Å². The van der Waals surface area contributed by atoms with Crippen molar-refractivity contribution in [3.63, 3.8) is 0 Å². The first kappa shape index (κ1) is 17.1. The molecule has 3 rings (SSSR count). The zero-order valence-corrected chi connectivity index (χ0v) is 14.8. The van der Waals surface area contributed by atoms with E-state index >= 15 is 0 Å². The van der Waals surface area contributed by atoms with Gasteiger partial charge in [-0.2, -0.15) is 0 Å². The van der Waals surface area contributed by atoms with E-state index in [1.54, 1.807) is 7.11 Å². The maximum absolute atomic E-state index is 12.7. The third kappa shape index (κ3) is 4.05. The van der Waals surface area contributed by atoms with Crippen LogP contribution in [0.1, 0.15) is 17.3 Å². The van der Waals surface area contributed by atoms with E-state index in [4.69, 9.17) is 9.47 Å². The van der Waals surface area contributed by atoms with Crippen LogP contribution in [0.2, 0.25) is 0 Å². The summed E-state index contributed by atoms with van der Waals surface area (Å²) in [6.07, 6.45) is 0. The summed E-state index contributed by atoms with van der Waals surface area (Å²) in [6, 6.07) is 15.5. The lowest BCUT2D eigenvalue weighted by Crippen LogP contribution is -2.48. The van der Waals surface area contributed by atoms with E-state index in [1.165, 1.54) is 0 Å². The highest BCUT2D eigenvalue weighted by Gasteiger charge is 2.22. The van der Waals surface area contributed by atoms with Gasteiger partial charge >= 0.3 is 0 Å². The summed E-state index contributed by atoms with van der Waals surface area (Å²) >= 11 is 0. The minimum absolute atomic E-state index is 0.0657. The van der Waals surface area contributed by atoms with Gasteiger partial charge in [-0.05, 0) is 49.4 Å². The van der Waals surface area contributed by atoms with Crippen LogP contribution in [0.3, 0.4) is 0 Å². The maximum Gasteiger partial charge on any atom is 0.254 e. The van der Waals surface area contributed by atoms with Gasteiger partial charge in [-0.3, -0.25) is 4.79 Å². The van der Waals surface area contributed by atoms with Crippen LogP contribution in [0, 0.1) is 0 Å². The Balaban J connectivity index is 1.61. The van der Waals surface area contributed by atoms with Crippen LogP contribution in [0.4, 0.5) is 5.69 Å². The Labute approximate surface area is 148 Å². The fraction of sp³-hybridized carbons (Fsp3) is 0.350. The Bertz CT molecular complexity index is 707. The van der Waals surface area contributed by atoms with Gasteiger partial charge in [0.15, 0.2) is 0 Å². The molecule has 0 atom stereocenters. The Hall–Kier alpha value is -2.69. The summed E-state index contributed by atoms with van der Waals surface area (Å²) < 4.78 is 10.7. The van der Waals surface area contributed by atoms with Crippen LogP contribution in [0.15, 0.2) is 48.5 Å². The molecule has 2 aromatic carbocycles. The van der Waals surface area contributed by atoms with Crippen LogP contribution in [-0.2, 0) is 0 Å². The lowest BCUT2D eigenvalue weighted by Gasteiger charge is -2.36. The lowest BCUT2D eigenvalue weighted by molar-refractivity contribution is 0.0746. The van der Waals surface area contributed by atoms with Crippen LogP contribution in [0.25, 0.3) is 0 Å². The number of ether oxygens (including phenoxy) is 2. The van der Waals surface area contributed by atoms with E-state index < -0.39 is 0 Å². The summed E-state index contributed by atoms with van der Waals surface area (Å²) in [4.78, 5) is 16.9. The summed E-state index contributed by atoms with van der Waals surface area (Å²) in [5, 5.41) is 0. The van der Waals surface area contributed by atoms with Gasteiger partial charge in [0.1, 0.15) is 11.5 Å². The fourth-order valence-corrected chi connectivity index (χ4v) is 3.03. The highest BCUT2D eigenvalue weighted by Crippen LogP contribution is 2.21. The summed E-state index contributed by atoms with van der Waals surface area (Å²) in [5.41, 5.74) is 1.84. The average Bonchev–Trinajstić information content (AvgIpc) is 2.68. The Morgan fingerprint density at radius 1 is 1.00 bits per heavy atom. The lowest BCUT2D eigenvalue weighted by atomic mass is 10.1. The second-order valence-electron chi connectivity index (χ2n) is 5.94. The van der Waals surface area contributed by atoms with E-state index in [0.29, 0.717) is 25.3 Å². The molecule has 0 bridgehead atoms. The molecule has 0 spiro atoms. The molecule has 0 saturated carbocycles. The Kier molecular flexibility index (Phi) is 5.43. The Morgan fingerprint density at radius 3 is 2.36 bits per heavy atom. The van der Waals surface area contributed by atoms with E-state index in [-0.39, 0.29) is 5.91 Å². The quantitative estimate of drug-likeness (QED) is 0.839. The number of piperazine rings is 1. The van der Waals surface area contributed by atoms with E-state index in [9.17, 15) is 4.79 Å². The molecule has 1 amide bonds. The first-order valence-electron chi connectivity index (χ1n) is 8.62. The SMILES string of the molecule is CCOc1cccc(C(=O)N2CCN(c3ccc(OC)cc3)CC2)c1. The monoisotopic (exact) mass is 340 g/mol. The number of hydrogen-bond acceptors (Lipinski definition) is 4. The number of amides is 1. The molecule has 1 heterocycles. The van der Waals surface area contributed by atoms with Gasteiger partial charge in [0.2, 0.25) is 0 Å². The van der Waals surface area contributed by atoms with Gasteiger partial charge in [0.25, 0.3) is 5.91 Å². The second-order valence-corrected chi connectivity index (χ2v) is 5.94. The van der Waals surface area contributed by atoms with Crippen molar-refractivity contribution in [3.8, 4) is 11.5 Å². The van der Waals surface area contributed by atoms with Crippen molar-refractivity contribution < 1.29 is 14.3 Å². The first-order valence-corrected chi connectivity index (χ1v) is 8.62. The third-order valence-corrected chi connectivity index (χ3v) is 4.40. The van der Waals surface area contributed by atoms with Gasteiger partial charge in [-0.15, -0.1) is 0 Å². The molecule has 2 aromatic rings. The van der Waals surface area contributed by atoms with Crippen molar-refractivity contribution in [2.75, 3.05) is 44.8 Å². The second kappa shape index (κ2) is 7.92. The van der Waals surface area contributed by atoms with Crippen molar-refractivity contribution in [3.05, 3.63) is 54.1 Å². The summed E-state index contributed by atoms with van der Waals surface area (Å²) in [7, 11) is 1.67. The zero-order valence-electron chi connectivity index (χ0n) is 14.8. The molecular weight excluding hydrogens is 316 g/mol. The highest BCUT2D eigenvalue weighted by atomic mass is 16.5. The standard InChI is InChI=1S/C20H24N2O3/c1-3-25-19-6-4-5-16(15-19)20(23)22-13-11-21(12-14-22)17-7-9-18(24-2)10-8-17/h4-10,15H,3,11-14H2,1-2H3. The third-order valence-electron chi connectivity index (χ3n) is 4.40. The van der Waals surface area contributed by atoms with Crippen molar-refractivity contribution in [2.24, 2.45) is 0 Å². The largest absolute Gasteiger partial charge is 0.497 e. The van der Waals surface area contributed by atoms with Crippen molar-refractivity contribution in [1.29, 1.82) is 0 Å². The predicted molar refractivity (Wildman–Crippen MR) is 98.7 cm³/mol. The minimum Gasteiger partial charge on any atom is -0.497 e. The topological polar surface area (TPSA) is 42.0 Å². The summed E-state index contributed by atoms with van der Waals surface area (Å²) in [5.74, 6) is 1.66. The zero-order chi connectivity index (χ0) is 17.6. The van der Waals surface area contributed by atoms with Crippen LogP contribution < -0.4 is 14.4 Å². The van der Waals surface area contributed by atoms with Crippen LogP contribution in [0.5, 0.6) is 11.5 Å². The number of benzene rings is 2. The molecule has 5 heteroatoms. The van der Waals surface area contributed by atoms with E-state index in [0.717, 1.165) is 30.3 Å². The van der Waals surface area contributed by atoms with Gasteiger partial charge in [-0.1, -0.05) is 6.07 Å². The molecule has 1 aliphatic rings. The Morgan fingerprint density at radius 2 is 1.72 bits per heavy atom. The van der Waals surface area contributed by atoms with Gasteiger partial charge in [-0.25, -0.2) is 0 Å². The maximum atomic E-state index is 12.7. The number of nitrogens with zero attached hydrogens (tertiary/aromatic N) is 2. The van der Waals surface area contributed by atoms with E-state index in [2.05, 4.69) is 17.0 Å². The molecule has 0 N–H and O–H groups in total. The highest BCUT2D eigenvalue weighted by molar-refractivity contribution is 5.94. The van der Waals surface area contributed by atoms with Gasteiger partial charge < -0.3 is 19.3 Å². The average molecular weight is 340 g/mol. The number of carbonyl (C=O) groups is 1. The normalized spacial score (nSPS) is 14.3. The number of hydrogen-bond donors (Lipinski definition) is 0. The summed E-state index contributed by atoms with van der Waals surface area (Å²) in [6.45, 7) is 5.60. The number of anilines is 1. The molecule has 132 valence electrons. The number of methoxy groups -OCH3 is 1. The molecule has 1 fully saturated rings. The van der Waals surface area contributed by atoms with Crippen molar-refractivity contribution >= 4 is 11.6 Å². The molecule has 0 aliphatic carbocycles. The number of carbonyl (C=O) groups excluding carboxylic acids is 1. The molecule has 0 unspecified atom stereocenters. The molecule has 0 radical (unpaired) electrons. The number of rotatable bonds is 5. The molecular formula is C20H24N2O3. The fourth-order valence-electron chi connectivity index (χ4n) is 3.03. The predicted octanol–water partition coefficient (Wildman–Crippen LogP) is 3.06. The van der Waals surface area contributed by atoms with E-state index in [1.807, 2.05) is 48.2 Å². The molecule has 1 aliphatic heterocycles. The molecule has 5 nitrogen and oxygen atoms in total. The first-order chi connectivity index (χ1) is 12.2. The van der Waals surface area contributed by atoms with Crippen molar-refractivity contribution in [1.82, 2.24) is 4.90 Å². The van der Waals surface area contributed by atoms with Crippen LogP contribution in [-0.4, -0.2) is 50.7 Å². The minimum atomic E-state index is 0.0657. The molecule has 0 aromatic heterocycles. The molecule has 1 saturated heterocycles. The molecule has 25 heavy (non-hydrogen) atoms.